The monoisotopic (exact) mass is 242 g/mol. The highest BCUT2D eigenvalue weighted by atomic mass is 16.4. The minimum Gasteiger partial charge on any atom is -0.480 e. The Bertz CT molecular complexity index is 309. The van der Waals surface area contributed by atoms with E-state index in [9.17, 15) is 9.59 Å². The van der Waals surface area contributed by atoms with Gasteiger partial charge in [-0.3, -0.25) is 0 Å². The second-order valence-corrected chi connectivity index (χ2v) is 5.57. The van der Waals surface area contributed by atoms with Gasteiger partial charge >= 0.3 is 12.0 Å². The first-order valence-electron chi connectivity index (χ1n) is 6.11. The van der Waals surface area contributed by atoms with Crippen LogP contribution in [0, 0.1) is 5.41 Å². The Morgan fingerprint density at radius 1 is 1.35 bits per heavy atom. The van der Waals surface area contributed by atoms with Gasteiger partial charge in [-0.2, -0.15) is 0 Å². The summed E-state index contributed by atoms with van der Waals surface area (Å²) >= 11 is 0. The van der Waals surface area contributed by atoms with Crippen LogP contribution in [0.4, 0.5) is 4.79 Å². The molecule has 0 aromatic heterocycles. The summed E-state index contributed by atoms with van der Waals surface area (Å²) in [6.45, 7) is 6.72. The summed E-state index contributed by atoms with van der Waals surface area (Å²) < 4.78 is 0. The van der Waals surface area contributed by atoms with E-state index < -0.39 is 11.5 Å². The van der Waals surface area contributed by atoms with Crippen molar-refractivity contribution < 1.29 is 14.7 Å². The molecule has 0 spiro atoms. The van der Waals surface area contributed by atoms with Gasteiger partial charge in [-0.05, 0) is 31.1 Å². The second kappa shape index (κ2) is 4.94. The lowest BCUT2D eigenvalue weighted by atomic mass is 9.77. The minimum atomic E-state index is -1.03. The zero-order valence-electron chi connectivity index (χ0n) is 10.8. The molecule has 1 aliphatic carbocycles. The Balaban J connectivity index is 2.42. The minimum absolute atomic E-state index is 0.0351. The van der Waals surface area contributed by atoms with Gasteiger partial charge in [0.2, 0.25) is 0 Å². The Morgan fingerprint density at radius 2 is 1.94 bits per heavy atom. The predicted octanol–water partition coefficient (Wildman–Crippen LogP) is 1.73. The number of hydrogen-bond donors (Lipinski definition) is 3. The van der Waals surface area contributed by atoms with E-state index in [1.54, 1.807) is 0 Å². The van der Waals surface area contributed by atoms with Crippen LogP contribution in [0.15, 0.2) is 0 Å². The summed E-state index contributed by atoms with van der Waals surface area (Å²) in [5.74, 6) is -0.936. The van der Waals surface area contributed by atoms with Crippen molar-refractivity contribution in [3.63, 3.8) is 0 Å². The topological polar surface area (TPSA) is 78.4 Å². The number of hydrogen-bond acceptors (Lipinski definition) is 2. The molecular weight excluding hydrogens is 220 g/mol. The van der Waals surface area contributed by atoms with Crippen molar-refractivity contribution in [2.24, 2.45) is 5.41 Å². The molecule has 0 unspecified atom stereocenters. The maximum absolute atomic E-state index is 11.6. The van der Waals surface area contributed by atoms with E-state index in [0.717, 1.165) is 12.8 Å². The van der Waals surface area contributed by atoms with Crippen molar-refractivity contribution >= 4 is 12.0 Å². The van der Waals surface area contributed by atoms with Crippen molar-refractivity contribution in [1.29, 1.82) is 0 Å². The molecule has 0 heterocycles. The molecular formula is C12H22N2O3. The molecule has 2 amide bonds. The lowest BCUT2D eigenvalue weighted by molar-refractivity contribution is -0.148. The predicted molar refractivity (Wildman–Crippen MR) is 64.8 cm³/mol. The van der Waals surface area contributed by atoms with Gasteiger partial charge in [0.25, 0.3) is 0 Å². The highest BCUT2D eigenvalue weighted by molar-refractivity contribution is 5.87. The van der Waals surface area contributed by atoms with E-state index in [0.29, 0.717) is 19.4 Å². The SMILES string of the molecule is CCC(C)(C)CNC(=O)NC1(C(=O)O)CCC1. The molecule has 0 aliphatic heterocycles. The maximum atomic E-state index is 11.6. The largest absolute Gasteiger partial charge is 0.480 e. The standard InChI is InChI=1S/C12H22N2O3/c1-4-11(2,3)8-13-10(17)14-12(9(15)16)6-5-7-12/h4-8H2,1-3H3,(H,15,16)(H2,13,14,17). The number of carbonyl (C=O) groups excluding carboxylic acids is 1. The zero-order valence-corrected chi connectivity index (χ0v) is 10.8. The van der Waals surface area contributed by atoms with Crippen LogP contribution in [0.5, 0.6) is 0 Å². The summed E-state index contributed by atoms with van der Waals surface area (Å²) in [6.07, 6.45) is 2.85. The lowest BCUT2D eigenvalue weighted by Crippen LogP contribution is -2.61. The van der Waals surface area contributed by atoms with Crippen molar-refractivity contribution in [3.8, 4) is 0 Å². The molecule has 0 atom stereocenters. The number of nitrogens with one attached hydrogen (secondary N) is 2. The zero-order chi connectivity index (χ0) is 13.1. The summed E-state index contributed by atoms with van der Waals surface area (Å²) in [4.78, 5) is 22.7. The Hall–Kier alpha value is -1.26. The number of carboxylic acids is 1. The Labute approximate surface area is 102 Å². The smallest absolute Gasteiger partial charge is 0.329 e. The van der Waals surface area contributed by atoms with Crippen molar-refractivity contribution in [3.05, 3.63) is 0 Å². The van der Waals surface area contributed by atoms with Gasteiger partial charge in [0.1, 0.15) is 5.54 Å². The highest BCUT2D eigenvalue weighted by Gasteiger charge is 2.45. The van der Waals surface area contributed by atoms with Crippen LogP contribution in [0.25, 0.3) is 0 Å². The molecule has 98 valence electrons. The van der Waals surface area contributed by atoms with E-state index in [1.165, 1.54) is 0 Å². The number of carboxylic acid groups (broad SMARTS) is 1. The molecule has 0 aromatic rings. The van der Waals surface area contributed by atoms with Gasteiger partial charge < -0.3 is 15.7 Å². The van der Waals surface area contributed by atoms with Crippen LogP contribution in [0.2, 0.25) is 0 Å². The molecule has 0 aromatic carbocycles. The van der Waals surface area contributed by atoms with Crippen LogP contribution in [0.1, 0.15) is 46.5 Å². The van der Waals surface area contributed by atoms with Crippen LogP contribution in [0.3, 0.4) is 0 Å². The Morgan fingerprint density at radius 3 is 2.29 bits per heavy atom. The normalized spacial score (nSPS) is 18.1. The maximum Gasteiger partial charge on any atom is 0.329 e. The quantitative estimate of drug-likeness (QED) is 0.687. The molecule has 0 bridgehead atoms. The molecule has 0 saturated heterocycles. The van der Waals surface area contributed by atoms with Gasteiger partial charge in [0.05, 0.1) is 0 Å². The van der Waals surface area contributed by atoms with Gasteiger partial charge in [-0.15, -0.1) is 0 Å². The first kappa shape index (κ1) is 13.8. The van der Waals surface area contributed by atoms with E-state index in [-0.39, 0.29) is 11.4 Å². The lowest BCUT2D eigenvalue weighted by Gasteiger charge is -2.38. The third-order valence-corrected chi connectivity index (χ3v) is 3.65. The molecule has 17 heavy (non-hydrogen) atoms. The first-order valence-corrected chi connectivity index (χ1v) is 6.11. The van der Waals surface area contributed by atoms with Crippen molar-refractivity contribution in [2.45, 2.75) is 52.0 Å². The summed E-state index contributed by atoms with van der Waals surface area (Å²) in [6, 6.07) is -0.381. The van der Waals surface area contributed by atoms with Crippen molar-refractivity contribution in [1.82, 2.24) is 10.6 Å². The van der Waals surface area contributed by atoms with Gasteiger partial charge in [-0.1, -0.05) is 20.8 Å². The van der Waals surface area contributed by atoms with Gasteiger partial charge in [0.15, 0.2) is 0 Å². The fraction of sp³-hybridized carbons (Fsp3) is 0.833. The second-order valence-electron chi connectivity index (χ2n) is 5.57. The van der Waals surface area contributed by atoms with Crippen LogP contribution in [-0.4, -0.2) is 29.2 Å². The average Bonchev–Trinajstić information content (AvgIpc) is 2.20. The van der Waals surface area contributed by atoms with Crippen LogP contribution < -0.4 is 10.6 Å². The third kappa shape index (κ3) is 3.35. The molecule has 3 N–H and O–H groups in total. The molecule has 0 radical (unpaired) electrons. The number of urea groups is 1. The molecule has 5 nitrogen and oxygen atoms in total. The van der Waals surface area contributed by atoms with Crippen LogP contribution in [-0.2, 0) is 4.79 Å². The third-order valence-electron chi connectivity index (χ3n) is 3.65. The van der Waals surface area contributed by atoms with E-state index in [2.05, 4.69) is 31.4 Å². The molecule has 1 saturated carbocycles. The molecule has 5 heteroatoms. The Kier molecular flexibility index (Phi) is 4.01. The number of rotatable bonds is 5. The number of aliphatic carboxylic acids is 1. The number of amides is 2. The summed E-state index contributed by atoms with van der Waals surface area (Å²) in [5.41, 5.74) is -0.992. The number of carbonyl (C=O) groups is 2. The fourth-order valence-electron chi connectivity index (χ4n) is 1.63. The summed E-state index contributed by atoms with van der Waals surface area (Å²) in [5, 5.41) is 14.4. The van der Waals surface area contributed by atoms with E-state index in [1.807, 2.05) is 0 Å². The van der Waals surface area contributed by atoms with Gasteiger partial charge in [-0.25, -0.2) is 9.59 Å². The average molecular weight is 242 g/mol. The molecule has 1 fully saturated rings. The van der Waals surface area contributed by atoms with Crippen LogP contribution >= 0.6 is 0 Å². The molecule has 1 rings (SSSR count). The van der Waals surface area contributed by atoms with E-state index in [4.69, 9.17) is 5.11 Å². The molecule has 1 aliphatic rings. The fourth-order valence-corrected chi connectivity index (χ4v) is 1.63. The van der Waals surface area contributed by atoms with Gasteiger partial charge in [0, 0.05) is 6.54 Å². The highest BCUT2D eigenvalue weighted by Crippen LogP contribution is 2.31. The summed E-state index contributed by atoms with van der Waals surface area (Å²) in [7, 11) is 0. The first-order chi connectivity index (χ1) is 7.81. The van der Waals surface area contributed by atoms with E-state index >= 15 is 0 Å². The van der Waals surface area contributed by atoms with Crippen molar-refractivity contribution in [2.75, 3.05) is 6.54 Å².